The number of imide groups is 1. The zero-order chi connectivity index (χ0) is 16.4. The summed E-state index contributed by atoms with van der Waals surface area (Å²) in [5.41, 5.74) is 0.438. The van der Waals surface area contributed by atoms with Gasteiger partial charge in [-0.25, -0.2) is 9.78 Å². The summed E-state index contributed by atoms with van der Waals surface area (Å²) in [5.74, 6) is -0.629. The number of hydrogen-bond donors (Lipinski definition) is 0. The average Bonchev–Trinajstić information content (AvgIpc) is 2.63. The van der Waals surface area contributed by atoms with Crippen LogP contribution in [0.1, 0.15) is 48.0 Å². The van der Waals surface area contributed by atoms with E-state index in [0.29, 0.717) is 11.1 Å². The van der Waals surface area contributed by atoms with Gasteiger partial charge in [0.25, 0.3) is 11.8 Å². The van der Waals surface area contributed by atoms with Crippen LogP contribution in [0.3, 0.4) is 0 Å². The van der Waals surface area contributed by atoms with Gasteiger partial charge in [-0.15, -0.1) is 0 Å². The molecule has 21 heavy (non-hydrogen) atoms. The molecule has 1 aliphatic heterocycles. The smallest absolute Gasteiger partial charge is 0.257 e. The molecule has 0 saturated heterocycles. The van der Waals surface area contributed by atoms with Crippen LogP contribution in [0, 0.1) is 0 Å². The van der Waals surface area contributed by atoms with Gasteiger partial charge in [-0.05, 0) is 41.0 Å². The molecule has 1 aliphatic rings. The van der Waals surface area contributed by atoms with Gasteiger partial charge < -0.3 is 4.74 Å². The number of ether oxygens (including phenoxy) is 1. The Balaban J connectivity index is 2.79. The number of carbonyl (C=O) groups excluding carboxylic acids is 2. The van der Waals surface area contributed by atoms with Gasteiger partial charge in [0.1, 0.15) is 0 Å². The van der Waals surface area contributed by atoms with Crippen LogP contribution in [0.15, 0.2) is 11.1 Å². The van der Waals surface area contributed by atoms with E-state index in [1.165, 1.54) is 7.11 Å². The van der Waals surface area contributed by atoms with Crippen molar-refractivity contribution >= 4 is 11.8 Å². The highest BCUT2D eigenvalue weighted by molar-refractivity contribution is 6.18. The first-order valence-corrected chi connectivity index (χ1v) is 7.09. The molecule has 0 aromatic carbocycles. The van der Waals surface area contributed by atoms with E-state index in [2.05, 4.69) is 0 Å². The van der Waals surface area contributed by atoms with E-state index >= 15 is 0 Å². The molecule has 0 aromatic rings. The van der Waals surface area contributed by atoms with Crippen LogP contribution in [-0.2, 0) is 24.1 Å². The molecule has 120 valence electrons. The van der Waals surface area contributed by atoms with Crippen molar-refractivity contribution in [2.24, 2.45) is 0 Å². The summed E-state index contributed by atoms with van der Waals surface area (Å²) in [5, 5.41) is 0. The summed E-state index contributed by atoms with van der Waals surface area (Å²) in [4.78, 5) is 36.1. The summed E-state index contributed by atoms with van der Waals surface area (Å²) >= 11 is 0. The Hall–Kier alpha value is -1.24. The summed E-state index contributed by atoms with van der Waals surface area (Å²) < 4.78 is 5.22. The summed E-state index contributed by atoms with van der Waals surface area (Å²) in [6.07, 6.45) is -0.0958. The van der Waals surface area contributed by atoms with Gasteiger partial charge in [0, 0.05) is 18.3 Å². The fraction of sp³-hybridized carbons (Fsp3) is 0.733. The van der Waals surface area contributed by atoms with E-state index in [4.69, 9.17) is 14.5 Å². The second kappa shape index (κ2) is 6.68. The number of amides is 2. The fourth-order valence-electron chi connectivity index (χ4n) is 1.82. The predicted molar refractivity (Wildman–Crippen MR) is 77.0 cm³/mol. The maximum Gasteiger partial charge on any atom is 0.257 e. The lowest BCUT2D eigenvalue weighted by Crippen LogP contribution is -2.48. The zero-order valence-electron chi connectivity index (χ0n) is 13.9. The molecule has 6 heteroatoms. The SMILES string of the molecule is CCC(C)(C)OOC(OC)C(C)N1C(=O)C(C)=C(C)C1=O. The summed E-state index contributed by atoms with van der Waals surface area (Å²) in [6.45, 7) is 10.7. The summed E-state index contributed by atoms with van der Waals surface area (Å²) in [6, 6.07) is -0.588. The van der Waals surface area contributed by atoms with E-state index in [1.54, 1.807) is 20.8 Å². The molecule has 1 rings (SSSR count). The molecule has 0 fully saturated rings. The largest absolute Gasteiger partial charge is 0.351 e. The Morgan fingerprint density at radius 1 is 1.14 bits per heavy atom. The predicted octanol–water partition coefficient (Wildman–Crippen LogP) is 2.19. The van der Waals surface area contributed by atoms with Crippen molar-refractivity contribution in [3.63, 3.8) is 0 Å². The van der Waals surface area contributed by atoms with Crippen LogP contribution in [-0.4, -0.2) is 41.8 Å². The lowest BCUT2D eigenvalue weighted by molar-refractivity contribution is -0.422. The van der Waals surface area contributed by atoms with Crippen molar-refractivity contribution < 1.29 is 24.1 Å². The first-order chi connectivity index (χ1) is 9.66. The van der Waals surface area contributed by atoms with Gasteiger partial charge in [0.05, 0.1) is 11.6 Å². The third kappa shape index (κ3) is 3.70. The third-order valence-electron chi connectivity index (χ3n) is 3.90. The van der Waals surface area contributed by atoms with Crippen molar-refractivity contribution in [2.45, 2.75) is 65.9 Å². The number of carbonyl (C=O) groups is 2. The lowest BCUT2D eigenvalue weighted by atomic mass is 10.1. The molecule has 2 atom stereocenters. The Morgan fingerprint density at radius 2 is 1.62 bits per heavy atom. The minimum absolute atomic E-state index is 0.314. The number of hydrogen-bond acceptors (Lipinski definition) is 5. The molecule has 0 saturated carbocycles. The number of nitrogens with zero attached hydrogens (tertiary/aromatic N) is 1. The highest BCUT2D eigenvalue weighted by Crippen LogP contribution is 2.25. The normalized spacial score (nSPS) is 19.5. The highest BCUT2D eigenvalue weighted by atomic mass is 17.2. The Bertz CT molecular complexity index is 431. The molecular weight excluding hydrogens is 274 g/mol. The minimum Gasteiger partial charge on any atom is -0.351 e. The molecule has 0 aliphatic carbocycles. The molecule has 0 radical (unpaired) electrons. The minimum atomic E-state index is -0.845. The third-order valence-corrected chi connectivity index (χ3v) is 3.90. The van der Waals surface area contributed by atoms with Crippen LogP contribution >= 0.6 is 0 Å². The molecular formula is C15H25NO5. The van der Waals surface area contributed by atoms with Crippen LogP contribution in [0.25, 0.3) is 0 Å². The molecule has 0 aromatic heterocycles. The lowest BCUT2D eigenvalue weighted by Gasteiger charge is -2.31. The monoisotopic (exact) mass is 299 g/mol. The van der Waals surface area contributed by atoms with Crippen LogP contribution in [0.4, 0.5) is 0 Å². The van der Waals surface area contributed by atoms with Crippen molar-refractivity contribution in [3.8, 4) is 0 Å². The Labute approximate surface area is 126 Å². The fourth-order valence-corrected chi connectivity index (χ4v) is 1.82. The first-order valence-electron chi connectivity index (χ1n) is 7.09. The van der Waals surface area contributed by atoms with Crippen LogP contribution in [0.2, 0.25) is 0 Å². The van der Waals surface area contributed by atoms with E-state index in [9.17, 15) is 9.59 Å². The average molecular weight is 299 g/mol. The van der Waals surface area contributed by atoms with Gasteiger partial charge in [0.2, 0.25) is 6.29 Å². The van der Waals surface area contributed by atoms with Gasteiger partial charge in [-0.1, -0.05) is 6.92 Å². The molecule has 0 N–H and O–H groups in total. The second-order valence-corrected chi connectivity index (χ2v) is 5.87. The van der Waals surface area contributed by atoms with Crippen molar-refractivity contribution in [3.05, 3.63) is 11.1 Å². The molecule has 1 heterocycles. The molecule has 0 spiro atoms. The van der Waals surface area contributed by atoms with Crippen molar-refractivity contribution in [1.29, 1.82) is 0 Å². The number of rotatable bonds is 7. The molecule has 2 unspecified atom stereocenters. The zero-order valence-corrected chi connectivity index (χ0v) is 13.9. The summed E-state index contributed by atoms with van der Waals surface area (Å²) in [7, 11) is 1.45. The van der Waals surface area contributed by atoms with Crippen molar-refractivity contribution in [1.82, 2.24) is 4.90 Å². The standard InChI is InChI=1S/C15H25NO5/c1-8-15(5,6)21-20-14(19-7)11(4)16-12(17)9(2)10(3)13(16)18/h11,14H,8H2,1-7H3. The van der Waals surface area contributed by atoms with Gasteiger partial charge in [0.15, 0.2) is 0 Å². The van der Waals surface area contributed by atoms with E-state index in [1.807, 2.05) is 20.8 Å². The van der Waals surface area contributed by atoms with Crippen LogP contribution < -0.4 is 0 Å². The van der Waals surface area contributed by atoms with Crippen molar-refractivity contribution in [2.75, 3.05) is 7.11 Å². The van der Waals surface area contributed by atoms with Crippen LogP contribution in [0.5, 0.6) is 0 Å². The maximum absolute atomic E-state index is 12.1. The van der Waals surface area contributed by atoms with Gasteiger partial charge in [-0.2, -0.15) is 0 Å². The first kappa shape index (κ1) is 17.8. The van der Waals surface area contributed by atoms with Gasteiger partial charge >= 0.3 is 0 Å². The Kier molecular flexibility index (Phi) is 5.67. The van der Waals surface area contributed by atoms with Gasteiger partial charge in [-0.3, -0.25) is 14.5 Å². The second-order valence-electron chi connectivity index (χ2n) is 5.87. The number of methoxy groups -OCH3 is 1. The molecule has 0 bridgehead atoms. The van der Waals surface area contributed by atoms with E-state index in [0.717, 1.165) is 11.3 Å². The Morgan fingerprint density at radius 3 is 2.00 bits per heavy atom. The molecule has 2 amide bonds. The topological polar surface area (TPSA) is 65.1 Å². The highest BCUT2D eigenvalue weighted by Gasteiger charge is 2.40. The van der Waals surface area contributed by atoms with E-state index in [-0.39, 0.29) is 11.8 Å². The molecule has 6 nitrogen and oxygen atoms in total. The maximum atomic E-state index is 12.1. The quantitative estimate of drug-likeness (QED) is 0.312. The van der Waals surface area contributed by atoms with E-state index < -0.39 is 17.9 Å².